The van der Waals surface area contributed by atoms with Crippen molar-refractivity contribution >= 4 is 5.91 Å². The number of aromatic nitrogens is 2. The van der Waals surface area contributed by atoms with Crippen LogP contribution in [0.1, 0.15) is 22.1 Å². The zero-order chi connectivity index (χ0) is 13.0. The van der Waals surface area contributed by atoms with Gasteiger partial charge in [0, 0.05) is 18.8 Å². The van der Waals surface area contributed by atoms with Crippen LogP contribution in [0.25, 0.3) is 0 Å². The quantitative estimate of drug-likeness (QED) is 0.616. The molecule has 0 aliphatic heterocycles. The van der Waals surface area contributed by atoms with Crippen molar-refractivity contribution in [2.45, 2.75) is 6.04 Å². The van der Waals surface area contributed by atoms with Gasteiger partial charge >= 0.3 is 5.69 Å². The molecule has 2 aromatic rings. The smallest absolute Gasteiger partial charge is 0.323 e. The van der Waals surface area contributed by atoms with Crippen LogP contribution in [0, 0.1) is 0 Å². The van der Waals surface area contributed by atoms with Gasteiger partial charge in [-0.2, -0.15) is 0 Å². The number of aromatic amines is 2. The molecule has 5 N–H and O–H groups in total. The van der Waals surface area contributed by atoms with Crippen LogP contribution in [-0.4, -0.2) is 22.4 Å². The fraction of sp³-hybridized carbons (Fsp3) is 0.167. The number of carbonyl (C=O) groups is 1. The summed E-state index contributed by atoms with van der Waals surface area (Å²) in [5.41, 5.74) is 6.66. The summed E-state index contributed by atoms with van der Waals surface area (Å²) in [6, 6.07) is 9.20. The van der Waals surface area contributed by atoms with Crippen molar-refractivity contribution in [2.75, 3.05) is 6.54 Å². The largest absolute Gasteiger partial charge is 0.349 e. The number of benzene rings is 1. The minimum absolute atomic E-state index is 0.195. The molecule has 94 valence electrons. The average molecular weight is 246 g/mol. The van der Waals surface area contributed by atoms with Crippen molar-refractivity contribution in [3.63, 3.8) is 0 Å². The van der Waals surface area contributed by atoms with Gasteiger partial charge in [-0.25, -0.2) is 4.79 Å². The van der Waals surface area contributed by atoms with E-state index in [-0.39, 0.29) is 17.6 Å². The standard InChI is InChI=1S/C12H14N4O2/c13-9(8-4-2-1-3-5-8)6-14-11(17)10-7-15-12(18)16-10/h1-5,7,9H,6,13H2,(H,14,17)(H2,15,16,18). The second-order valence-corrected chi connectivity index (χ2v) is 3.88. The molecule has 1 atom stereocenters. The number of hydrogen-bond acceptors (Lipinski definition) is 3. The molecule has 0 saturated carbocycles. The van der Waals surface area contributed by atoms with Crippen molar-refractivity contribution in [3.8, 4) is 0 Å². The normalized spacial score (nSPS) is 12.1. The number of carbonyl (C=O) groups excluding carboxylic acids is 1. The van der Waals surface area contributed by atoms with Crippen LogP contribution < -0.4 is 16.7 Å². The summed E-state index contributed by atoms with van der Waals surface area (Å²) in [6.07, 6.45) is 1.33. The van der Waals surface area contributed by atoms with Crippen molar-refractivity contribution < 1.29 is 4.79 Å². The number of hydrogen-bond donors (Lipinski definition) is 4. The maximum Gasteiger partial charge on any atom is 0.323 e. The molecule has 1 amide bonds. The molecule has 0 fully saturated rings. The third-order valence-corrected chi connectivity index (χ3v) is 2.55. The van der Waals surface area contributed by atoms with Crippen molar-refractivity contribution in [1.82, 2.24) is 15.3 Å². The topological polar surface area (TPSA) is 104 Å². The van der Waals surface area contributed by atoms with Crippen molar-refractivity contribution in [1.29, 1.82) is 0 Å². The molecular formula is C12H14N4O2. The lowest BCUT2D eigenvalue weighted by Gasteiger charge is -2.12. The summed E-state index contributed by atoms with van der Waals surface area (Å²) in [5.74, 6) is -0.361. The van der Waals surface area contributed by atoms with Crippen LogP contribution in [0.4, 0.5) is 0 Å². The molecule has 18 heavy (non-hydrogen) atoms. The number of nitrogens with one attached hydrogen (secondary N) is 3. The second kappa shape index (κ2) is 5.33. The minimum atomic E-state index is -0.410. The molecule has 0 aliphatic rings. The van der Waals surface area contributed by atoms with Gasteiger partial charge in [0.1, 0.15) is 5.69 Å². The fourth-order valence-corrected chi connectivity index (χ4v) is 1.57. The molecule has 6 nitrogen and oxygen atoms in total. The zero-order valence-corrected chi connectivity index (χ0v) is 9.64. The number of imidazole rings is 1. The molecular weight excluding hydrogens is 232 g/mol. The molecule has 0 radical (unpaired) electrons. The molecule has 2 rings (SSSR count). The highest BCUT2D eigenvalue weighted by Crippen LogP contribution is 2.07. The van der Waals surface area contributed by atoms with Crippen LogP contribution in [0.3, 0.4) is 0 Å². The maximum absolute atomic E-state index is 11.6. The number of H-pyrrole nitrogens is 2. The third kappa shape index (κ3) is 2.86. The lowest BCUT2D eigenvalue weighted by Crippen LogP contribution is -2.32. The van der Waals surface area contributed by atoms with E-state index in [9.17, 15) is 9.59 Å². The Morgan fingerprint density at radius 3 is 2.67 bits per heavy atom. The summed E-state index contributed by atoms with van der Waals surface area (Å²) in [5, 5.41) is 2.66. The molecule has 0 saturated heterocycles. The lowest BCUT2D eigenvalue weighted by molar-refractivity contribution is 0.0946. The molecule has 1 aromatic carbocycles. The van der Waals surface area contributed by atoms with Gasteiger partial charge in [0.2, 0.25) is 0 Å². The lowest BCUT2D eigenvalue weighted by atomic mass is 10.1. The first-order chi connectivity index (χ1) is 8.66. The molecule has 0 spiro atoms. The first kappa shape index (κ1) is 12.1. The summed E-state index contributed by atoms with van der Waals surface area (Å²) in [4.78, 5) is 27.2. The minimum Gasteiger partial charge on any atom is -0.349 e. The molecule has 0 aliphatic carbocycles. The van der Waals surface area contributed by atoms with Gasteiger partial charge in [-0.3, -0.25) is 4.79 Å². The van der Waals surface area contributed by atoms with Crippen LogP contribution in [0.5, 0.6) is 0 Å². The Bertz CT molecular complexity index is 573. The molecule has 1 aromatic heterocycles. The van der Waals surface area contributed by atoms with Crippen molar-refractivity contribution in [2.24, 2.45) is 5.73 Å². The van der Waals surface area contributed by atoms with Crippen LogP contribution >= 0.6 is 0 Å². The van der Waals surface area contributed by atoms with Crippen LogP contribution in [0.15, 0.2) is 41.3 Å². The third-order valence-electron chi connectivity index (χ3n) is 2.55. The summed E-state index contributed by atoms with van der Waals surface area (Å²) in [7, 11) is 0. The molecule has 1 unspecified atom stereocenters. The van der Waals surface area contributed by atoms with E-state index < -0.39 is 5.69 Å². The molecule has 0 bridgehead atoms. The monoisotopic (exact) mass is 246 g/mol. The Labute approximate surface area is 103 Å². The van der Waals surface area contributed by atoms with Gasteiger partial charge in [-0.05, 0) is 5.56 Å². The zero-order valence-electron chi connectivity index (χ0n) is 9.64. The average Bonchev–Trinajstić information content (AvgIpc) is 2.83. The highest BCUT2D eigenvalue weighted by atomic mass is 16.2. The van der Waals surface area contributed by atoms with E-state index in [1.54, 1.807) is 0 Å². The Kier molecular flexibility index (Phi) is 3.59. The van der Waals surface area contributed by atoms with Gasteiger partial charge in [0.05, 0.1) is 0 Å². The highest BCUT2D eigenvalue weighted by molar-refractivity contribution is 5.91. The van der Waals surface area contributed by atoms with E-state index in [4.69, 9.17) is 5.73 Å². The van der Waals surface area contributed by atoms with Crippen LogP contribution in [-0.2, 0) is 0 Å². The van der Waals surface area contributed by atoms with E-state index in [1.807, 2.05) is 30.3 Å². The summed E-state index contributed by atoms with van der Waals surface area (Å²) < 4.78 is 0. The van der Waals surface area contributed by atoms with Gasteiger partial charge in [-0.1, -0.05) is 30.3 Å². The van der Waals surface area contributed by atoms with Gasteiger partial charge < -0.3 is 21.0 Å². The Balaban J connectivity index is 1.92. The van der Waals surface area contributed by atoms with E-state index in [0.717, 1.165) is 5.56 Å². The Morgan fingerprint density at radius 2 is 2.06 bits per heavy atom. The predicted octanol–water partition coefficient (Wildman–Crippen LogP) is 0.133. The van der Waals surface area contributed by atoms with E-state index >= 15 is 0 Å². The van der Waals surface area contributed by atoms with Gasteiger partial charge in [-0.15, -0.1) is 0 Å². The Hall–Kier alpha value is -2.34. The SMILES string of the molecule is NC(CNC(=O)c1c[nH]c(=O)[nH]1)c1ccccc1. The molecule has 6 heteroatoms. The first-order valence-electron chi connectivity index (χ1n) is 5.53. The first-order valence-corrected chi connectivity index (χ1v) is 5.53. The highest BCUT2D eigenvalue weighted by Gasteiger charge is 2.10. The molecule has 1 heterocycles. The van der Waals surface area contributed by atoms with E-state index in [2.05, 4.69) is 15.3 Å². The second-order valence-electron chi connectivity index (χ2n) is 3.88. The van der Waals surface area contributed by atoms with Gasteiger partial charge in [0.15, 0.2) is 0 Å². The van der Waals surface area contributed by atoms with E-state index in [1.165, 1.54) is 6.20 Å². The Morgan fingerprint density at radius 1 is 1.33 bits per heavy atom. The van der Waals surface area contributed by atoms with Gasteiger partial charge in [0.25, 0.3) is 5.91 Å². The van der Waals surface area contributed by atoms with E-state index in [0.29, 0.717) is 6.54 Å². The fourth-order valence-electron chi connectivity index (χ4n) is 1.57. The maximum atomic E-state index is 11.6. The summed E-state index contributed by atoms with van der Waals surface area (Å²) >= 11 is 0. The number of nitrogens with two attached hydrogens (primary N) is 1. The van der Waals surface area contributed by atoms with Crippen LogP contribution in [0.2, 0.25) is 0 Å². The predicted molar refractivity (Wildman–Crippen MR) is 67.1 cm³/mol. The number of amides is 1. The summed E-state index contributed by atoms with van der Waals surface area (Å²) in [6.45, 7) is 0.302. The van der Waals surface area contributed by atoms with Crippen molar-refractivity contribution in [3.05, 3.63) is 58.3 Å². The number of rotatable bonds is 4.